The molecule has 5 rings (SSSR count). The first kappa shape index (κ1) is 24.9. The fourth-order valence-electron chi connectivity index (χ4n) is 4.29. The molecule has 0 bridgehead atoms. The quantitative estimate of drug-likeness (QED) is 0.406. The SMILES string of the molecule is C[C@@]1(O)[C@H](O)[C@@H](COP2(=O)OCC[C@H](c3cc(Cl)cc(Cl)c3)O2)O[C@H]1n1ccc2c(N)ncnc21. The fourth-order valence-corrected chi connectivity index (χ4v) is 6.23. The van der Waals surface area contributed by atoms with Gasteiger partial charge in [0.15, 0.2) is 6.23 Å². The number of aliphatic hydroxyl groups excluding tert-OH is 1. The fraction of sp³-hybridized carbons (Fsp3) is 0.429. The molecule has 0 aliphatic carbocycles. The maximum atomic E-state index is 13.2. The third kappa shape index (κ3) is 4.69. The molecule has 4 N–H and O–H groups in total. The highest BCUT2D eigenvalue weighted by Gasteiger charge is 2.54. The Bertz CT molecular complexity index is 1290. The van der Waals surface area contributed by atoms with E-state index in [0.29, 0.717) is 33.1 Å². The van der Waals surface area contributed by atoms with Crippen LogP contribution in [0, 0.1) is 0 Å². The van der Waals surface area contributed by atoms with Gasteiger partial charge in [-0.3, -0.25) is 13.6 Å². The molecule has 2 aliphatic rings. The summed E-state index contributed by atoms with van der Waals surface area (Å²) >= 11 is 12.2. The summed E-state index contributed by atoms with van der Waals surface area (Å²) in [5.41, 5.74) is 5.22. The first-order valence-electron chi connectivity index (χ1n) is 10.7. The van der Waals surface area contributed by atoms with E-state index in [1.807, 2.05) is 0 Å². The van der Waals surface area contributed by atoms with E-state index in [1.165, 1.54) is 13.3 Å². The molecule has 0 radical (unpaired) electrons. The highest BCUT2D eigenvalue weighted by molar-refractivity contribution is 7.48. The Hall–Kier alpha value is -1.79. The highest BCUT2D eigenvalue weighted by atomic mass is 35.5. The number of phosphoric ester groups is 1. The molecule has 2 aromatic heterocycles. The number of nitrogens with two attached hydrogens (primary N) is 1. The second kappa shape index (κ2) is 9.26. The van der Waals surface area contributed by atoms with Crippen LogP contribution in [0.5, 0.6) is 0 Å². The van der Waals surface area contributed by atoms with Crippen molar-refractivity contribution in [2.24, 2.45) is 0 Å². The van der Waals surface area contributed by atoms with E-state index >= 15 is 0 Å². The zero-order valence-corrected chi connectivity index (χ0v) is 20.9. The van der Waals surface area contributed by atoms with Crippen molar-refractivity contribution in [3.8, 4) is 0 Å². The Morgan fingerprint density at radius 1 is 1.31 bits per heavy atom. The Balaban J connectivity index is 1.31. The summed E-state index contributed by atoms with van der Waals surface area (Å²) in [6.07, 6.45) is -0.757. The largest absolute Gasteiger partial charge is 0.475 e. The molecule has 14 heteroatoms. The predicted molar refractivity (Wildman–Crippen MR) is 127 cm³/mol. The molecule has 188 valence electrons. The van der Waals surface area contributed by atoms with Crippen LogP contribution in [-0.4, -0.2) is 55.8 Å². The van der Waals surface area contributed by atoms with Gasteiger partial charge in [-0.15, -0.1) is 0 Å². The minimum atomic E-state index is -4.01. The minimum Gasteiger partial charge on any atom is -0.387 e. The van der Waals surface area contributed by atoms with Crippen molar-refractivity contribution in [2.45, 2.75) is 43.5 Å². The summed E-state index contributed by atoms with van der Waals surface area (Å²) in [6, 6.07) is 6.59. The number of halogens is 2. The maximum absolute atomic E-state index is 13.2. The summed E-state index contributed by atoms with van der Waals surface area (Å²) in [5.74, 6) is 0.270. The van der Waals surface area contributed by atoms with Crippen molar-refractivity contribution in [1.29, 1.82) is 0 Å². The van der Waals surface area contributed by atoms with E-state index in [1.54, 1.807) is 35.0 Å². The van der Waals surface area contributed by atoms with Gasteiger partial charge in [-0.25, -0.2) is 14.5 Å². The van der Waals surface area contributed by atoms with E-state index < -0.39 is 38.0 Å². The van der Waals surface area contributed by atoms with Gasteiger partial charge >= 0.3 is 7.82 Å². The first-order chi connectivity index (χ1) is 16.6. The number of aliphatic hydroxyl groups is 2. The van der Waals surface area contributed by atoms with Crippen LogP contribution in [0.2, 0.25) is 10.0 Å². The lowest BCUT2D eigenvalue weighted by molar-refractivity contribution is -0.0950. The lowest BCUT2D eigenvalue weighted by Gasteiger charge is -2.30. The van der Waals surface area contributed by atoms with Gasteiger partial charge in [0.25, 0.3) is 0 Å². The number of rotatable bonds is 5. The van der Waals surface area contributed by atoms with E-state index in [0.717, 1.165) is 0 Å². The lowest BCUT2D eigenvalue weighted by Crippen LogP contribution is -2.44. The third-order valence-electron chi connectivity index (χ3n) is 6.09. The van der Waals surface area contributed by atoms with Crippen LogP contribution < -0.4 is 5.73 Å². The van der Waals surface area contributed by atoms with Crippen molar-refractivity contribution < 1.29 is 33.1 Å². The molecule has 0 amide bonds. The molecule has 3 aromatic rings. The van der Waals surface area contributed by atoms with Crippen LogP contribution in [0.1, 0.15) is 31.2 Å². The number of phosphoric acid groups is 1. The Kier molecular flexibility index (Phi) is 6.58. The summed E-state index contributed by atoms with van der Waals surface area (Å²) in [6.45, 7) is 1.16. The first-order valence-corrected chi connectivity index (χ1v) is 13.0. The second-order valence-electron chi connectivity index (χ2n) is 8.58. The van der Waals surface area contributed by atoms with Crippen LogP contribution in [-0.2, 0) is 22.9 Å². The number of ether oxygens (including phenoxy) is 1. The van der Waals surface area contributed by atoms with Crippen LogP contribution in [0.3, 0.4) is 0 Å². The van der Waals surface area contributed by atoms with Crippen molar-refractivity contribution in [2.75, 3.05) is 18.9 Å². The van der Waals surface area contributed by atoms with Gasteiger partial charge in [0.1, 0.15) is 35.6 Å². The van der Waals surface area contributed by atoms with Crippen molar-refractivity contribution in [3.63, 3.8) is 0 Å². The number of nitrogen functional groups attached to an aromatic ring is 1. The van der Waals surface area contributed by atoms with E-state index in [2.05, 4.69) is 9.97 Å². The summed E-state index contributed by atoms with van der Waals surface area (Å²) < 4.78 is 37.1. The molecule has 1 aromatic carbocycles. The topological polar surface area (TPSA) is 151 Å². The van der Waals surface area contributed by atoms with Gasteiger partial charge in [0.2, 0.25) is 0 Å². The van der Waals surface area contributed by atoms with Crippen LogP contribution in [0.25, 0.3) is 11.0 Å². The zero-order valence-electron chi connectivity index (χ0n) is 18.5. The molecular weight excluding hydrogens is 522 g/mol. The minimum absolute atomic E-state index is 0.108. The van der Waals surface area contributed by atoms with E-state index in [4.69, 9.17) is 47.2 Å². The molecule has 2 saturated heterocycles. The van der Waals surface area contributed by atoms with Crippen LogP contribution in [0.4, 0.5) is 5.82 Å². The van der Waals surface area contributed by atoms with Gasteiger partial charge in [0.05, 0.1) is 24.7 Å². The molecule has 35 heavy (non-hydrogen) atoms. The van der Waals surface area contributed by atoms with Gasteiger partial charge in [0, 0.05) is 22.7 Å². The van der Waals surface area contributed by atoms with E-state index in [9.17, 15) is 14.8 Å². The van der Waals surface area contributed by atoms with Gasteiger partial charge in [-0.1, -0.05) is 23.2 Å². The Labute approximate surface area is 210 Å². The molecule has 2 fully saturated rings. The number of hydrogen-bond donors (Lipinski definition) is 3. The number of anilines is 1. The Morgan fingerprint density at radius 2 is 2.06 bits per heavy atom. The molecular formula is C21H23Cl2N4O7P. The third-order valence-corrected chi connectivity index (χ3v) is 8.00. The molecule has 0 saturated carbocycles. The summed E-state index contributed by atoms with van der Waals surface area (Å²) in [7, 11) is -4.01. The zero-order chi connectivity index (χ0) is 25.0. The number of fused-ring (bicyclic) bond motifs is 1. The number of nitrogens with zero attached hydrogens (tertiary/aromatic N) is 3. The molecule has 2 aliphatic heterocycles. The second-order valence-corrected chi connectivity index (χ2v) is 11.1. The van der Waals surface area contributed by atoms with Gasteiger partial charge in [-0.2, -0.15) is 0 Å². The average Bonchev–Trinajstić information content (AvgIpc) is 3.31. The predicted octanol–water partition coefficient (Wildman–Crippen LogP) is 3.63. The smallest absolute Gasteiger partial charge is 0.387 e. The molecule has 0 spiro atoms. The lowest BCUT2D eigenvalue weighted by atomic mass is 9.96. The number of hydrogen-bond acceptors (Lipinski definition) is 10. The van der Waals surface area contributed by atoms with Crippen molar-refractivity contribution in [3.05, 3.63) is 52.4 Å². The van der Waals surface area contributed by atoms with Crippen molar-refractivity contribution >= 4 is 47.9 Å². The van der Waals surface area contributed by atoms with Crippen molar-refractivity contribution in [1.82, 2.24) is 14.5 Å². The Morgan fingerprint density at radius 3 is 2.80 bits per heavy atom. The van der Waals surface area contributed by atoms with Gasteiger partial charge in [-0.05, 0) is 36.8 Å². The van der Waals surface area contributed by atoms with Crippen LogP contribution in [0.15, 0.2) is 36.8 Å². The van der Waals surface area contributed by atoms with E-state index in [-0.39, 0.29) is 19.0 Å². The standard InChI is InChI=1S/C21H23Cl2N4O7P/c1-21(29)17(28)16(33-20(21)27-4-2-14-18(24)25-10-26-19(14)27)9-32-35(30)31-5-3-15(34-35)11-6-12(22)8-13(23)7-11/h2,4,6-8,10,15-17,20,28-29H,3,5,9H2,1H3,(H2,24,25,26)/t15-,16-,17-,20-,21-,35?/m1/s1. The molecule has 1 unspecified atom stereocenters. The highest BCUT2D eigenvalue weighted by Crippen LogP contribution is 2.57. The number of benzene rings is 1. The molecule has 11 nitrogen and oxygen atoms in total. The maximum Gasteiger partial charge on any atom is 0.475 e. The molecule has 6 atom stereocenters. The normalized spacial score (nSPS) is 33.4. The van der Waals surface area contributed by atoms with Crippen LogP contribution >= 0.6 is 31.0 Å². The number of aromatic nitrogens is 3. The van der Waals surface area contributed by atoms with Gasteiger partial charge < -0.3 is 25.3 Å². The molecule has 4 heterocycles. The summed E-state index contributed by atoms with van der Waals surface area (Å²) in [4.78, 5) is 8.15. The summed E-state index contributed by atoms with van der Waals surface area (Å²) in [5, 5.41) is 23.2. The average molecular weight is 545 g/mol. The monoisotopic (exact) mass is 544 g/mol.